The van der Waals surface area contributed by atoms with Crippen LogP contribution in [0.5, 0.6) is 11.5 Å². The maximum Gasteiger partial charge on any atom is 0.258 e. The van der Waals surface area contributed by atoms with Crippen molar-refractivity contribution in [1.29, 1.82) is 0 Å². The van der Waals surface area contributed by atoms with E-state index in [-0.39, 0.29) is 49.4 Å². The second-order valence-corrected chi connectivity index (χ2v) is 7.66. The smallest absolute Gasteiger partial charge is 0.258 e. The van der Waals surface area contributed by atoms with E-state index in [4.69, 9.17) is 21.1 Å². The predicted molar refractivity (Wildman–Crippen MR) is 120 cm³/mol. The Morgan fingerprint density at radius 3 is 2.44 bits per heavy atom. The summed E-state index contributed by atoms with van der Waals surface area (Å²) in [6, 6.07) is 9.69. The van der Waals surface area contributed by atoms with E-state index in [1.807, 2.05) is 26.0 Å². The topological polar surface area (TPSA) is 96.9 Å². The summed E-state index contributed by atoms with van der Waals surface area (Å²) in [5, 5.41) is 15.1. The molecule has 7 nitrogen and oxygen atoms in total. The van der Waals surface area contributed by atoms with Crippen molar-refractivity contribution >= 4 is 23.4 Å². The molecule has 0 radical (unpaired) electrons. The van der Waals surface area contributed by atoms with E-state index in [0.29, 0.717) is 5.75 Å². The lowest BCUT2D eigenvalue weighted by molar-refractivity contribution is -0.124. The van der Waals surface area contributed by atoms with E-state index in [9.17, 15) is 19.1 Å². The Morgan fingerprint density at radius 2 is 1.75 bits per heavy atom. The molecule has 0 unspecified atom stereocenters. The van der Waals surface area contributed by atoms with E-state index >= 15 is 0 Å². The zero-order valence-corrected chi connectivity index (χ0v) is 18.9. The number of aliphatic hydroxyl groups excluding tert-OH is 1. The largest absolute Gasteiger partial charge is 0.484 e. The van der Waals surface area contributed by atoms with Gasteiger partial charge in [0, 0.05) is 19.2 Å². The summed E-state index contributed by atoms with van der Waals surface area (Å²) in [5.41, 5.74) is 2.20. The number of rotatable bonds is 12. The highest BCUT2D eigenvalue weighted by atomic mass is 35.5. The number of aliphatic hydroxyl groups is 1. The van der Waals surface area contributed by atoms with Crippen LogP contribution in [-0.4, -0.2) is 49.3 Å². The van der Waals surface area contributed by atoms with Crippen LogP contribution in [0.1, 0.15) is 24.5 Å². The highest BCUT2D eigenvalue weighted by molar-refractivity contribution is 6.30. The zero-order valence-electron chi connectivity index (χ0n) is 18.1. The number of hydrogen-bond donors (Lipinski definition) is 3. The van der Waals surface area contributed by atoms with Gasteiger partial charge in [0.2, 0.25) is 0 Å². The van der Waals surface area contributed by atoms with Gasteiger partial charge in [-0.3, -0.25) is 9.59 Å². The van der Waals surface area contributed by atoms with Crippen LogP contribution >= 0.6 is 11.6 Å². The molecule has 0 heterocycles. The maximum absolute atomic E-state index is 13.3. The molecule has 0 saturated carbocycles. The highest BCUT2D eigenvalue weighted by Crippen LogP contribution is 2.20. The molecule has 0 aliphatic carbocycles. The highest BCUT2D eigenvalue weighted by Gasteiger charge is 2.10. The van der Waals surface area contributed by atoms with Crippen molar-refractivity contribution in [3.8, 4) is 11.5 Å². The van der Waals surface area contributed by atoms with Crippen molar-refractivity contribution < 1.29 is 28.6 Å². The fourth-order valence-corrected chi connectivity index (χ4v) is 2.91. The van der Waals surface area contributed by atoms with Gasteiger partial charge in [-0.05, 0) is 55.2 Å². The van der Waals surface area contributed by atoms with Gasteiger partial charge in [0.25, 0.3) is 11.8 Å². The normalized spacial score (nSPS) is 11.5. The molecule has 174 valence electrons. The first-order chi connectivity index (χ1) is 15.3. The summed E-state index contributed by atoms with van der Waals surface area (Å²) in [6.07, 6.45) is 0.279. The van der Waals surface area contributed by atoms with Gasteiger partial charge in [-0.15, -0.1) is 0 Å². The summed E-state index contributed by atoms with van der Waals surface area (Å²) in [5.74, 6) is -0.602. The molecule has 2 aromatic carbocycles. The van der Waals surface area contributed by atoms with E-state index in [1.54, 1.807) is 0 Å². The van der Waals surface area contributed by atoms with Gasteiger partial charge < -0.3 is 25.2 Å². The van der Waals surface area contributed by atoms with Crippen LogP contribution in [0, 0.1) is 12.7 Å². The minimum Gasteiger partial charge on any atom is -0.484 e. The van der Waals surface area contributed by atoms with Gasteiger partial charge >= 0.3 is 0 Å². The number of benzene rings is 2. The van der Waals surface area contributed by atoms with Crippen LogP contribution in [-0.2, 0) is 16.0 Å². The molecule has 0 bridgehead atoms. The minimum absolute atomic E-state index is 0.00731. The van der Waals surface area contributed by atoms with Gasteiger partial charge in [0.15, 0.2) is 13.2 Å². The molecule has 0 aromatic heterocycles. The minimum atomic E-state index is -0.850. The molecule has 1 atom stereocenters. The number of hydrogen-bond acceptors (Lipinski definition) is 5. The number of ether oxygens (including phenoxy) is 2. The van der Waals surface area contributed by atoms with Crippen LogP contribution in [0.25, 0.3) is 0 Å². The monoisotopic (exact) mass is 466 g/mol. The predicted octanol–water partition coefficient (Wildman–Crippen LogP) is 2.79. The SMILES string of the molecule is CCc1cc(C)cc(OCC(=O)NCC[C@H](O)CNC(=O)COc2ccc(Cl)c(F)c2)c1. The number of aryl methyl sites for hydroxylation is 2. The lowest BCUT2D eigenvalue weighted by Crippen LogP contribution is -2.37. The average molecular weight is 467 g/mol. The molecule has 9 heteroatoms. The van der Waals surface area contributed by atoms with Gasteiger partial charge in [0.1, 0.15) is 17.3 Å². The Kier molecular flexibility index (Phi) is 10.2. The Hall–Kier alpha value is -2.84. The van der Waals surface area contributed by atoms with Crippen molar-refractivity contribution in [3.05, 3.63) is 58.4 Å². The molecule has 0 fully saturated rings. The van der Waals surface area contributed by atoms with Crippen molar-refractivity contribution in [2.75, 3.05) is 26.3 Å². The molecular weight excluding hydrogens is 439 g/mol. The fourth-order valence-electron chi connectivity index (χ4n) is 2.79. The summed E-state index contributed by atoms with van der Waals surface area (Å²) < 4.78 is 24.0. The molecule has 2 rings (SSSR count). The van der Waals surface area contributed by atoms with Crippen LogP contribution in [0.4, 0.5) is 4.39 Å². The summed E-state index contributed by atoms with van der Waals surface area (Å²) >= 11 is 5.58. The molecular formula is C23H28ClFN2O5. The van der Waals surface area contributed by atoms with Crippen molar-refractivity contribution in [3.63, 3.8) is 0 Å². The van der Waals surface area contributed by atoms with Gasteiger partial charge in [-0.25, -0.2) is 4.39 Å². The Balaban J connectivity index is 1.59. The second-order valence-electron chi connectivity index (χ2n) is 7.26. The number of halogens is 2. The Morgan fingerprint density at radius 1 is 1.06 bits per heavy atom. The number of amides is 2. The van der Waals surface area contributed by atoms with Crippen LogP contribution in [0.2, 0.25) is 5.02 Å². The zero-order chi connectivity index (χ0) is 23.5. The molecule has 0 spiro atoms. The average Bonchev–Trinajstić information content (AvgIpc) is 2.76. The van der Waals surface area contributed by atoms with E-state index in [2.05, 4.69) is 16.7 Å². The molecule has 2 amide bonds. The van der Waals surface area contributed by atoms with E-state index < -0.39 is 17.8 Å². The van der Waals surface area contributed by atoms with Crippen LogP contribution < -0.4 is 20.1 Å². The van der Waals surface area contributed by atoms with Gasteiger partial charge in [-0.2, -0.15) is 0 Å². The van der Waals surface area contributed by atoms with Crippen LogP contribution in [0.15, 0.2) is 36.4 Å². The third-order valence-corrected chi connectivity index (χ3v) is 4.79. The number of carbonyl (C=O) groups excluding carboxylic acids is 2. The van der Waals surface area contributed by atoms with Crippen molar-refractivity contribution in [1.82, 2.24) is 10.6 Å². The summed E-state index contributed by atoms with van der Waals surface area (Å²) in [4.78, 5) is 23.7. The molecule has 0 aliphatic rings. The second kappa shape index (κ2) is 12.9. The van der Waals surface area contributed by atoms with Gasteiger partial charge in [0.05, 0.1) is 11.1 Å². The molecule has 32 heavy (non-hydrogen) atoms. The van der Waals surface area contributed by atoms with Crippen molar-refractivity contribution in [2.45, 2.75) is 32.8 Å². The quantitative estimate of drug-likeness (QED) is 0.447. The van der Waals surface area contributed by atoms with Crippen molar-refractivity contribution in [2.24, 2.45) is 0 Å². The number of nitrogens with one attached hydrogen (secondary N) is 2. The summed E-state index contributed by atoms with van der Waals surface area (Å²) in [6.45, 7) is 3.78. The molecule has 3 N–H and O–H groups in total. The van der Waals surface area contributed by atoms with E-state index in [1.165, 1.54) is 12.1 Å². The lowest BCUT2D eigenvalue weighted by Gasteiger charge is -2.13. The summed E-state index contributed by atoms with van der Waals surface area (Å²) in [7, 11) is 0. The first-order valence-corrected chi connectivity index (χ1v) is 10.7. The van der Waals surface area contributed by atoms with E-state index in [0.717, 1.165) is 23.6 Å². The third kappa shape index (κ3) is 9.11. The maximum atomic E-state index is 13.3. The molecule has 0 saturated heterocycles. The standard InChI is InChI=1S/C23H28ClFN2O5/c1-3-16-8-15(2)9-19(10-16)32-13-22(29)26-7-6-17(28)12-27-23(30)14-31-18-4-5-20(24)21(25)11-18/h4-5,8-11,17,28H,3,6-7,12-14H2,1-2H3,(H,26,29)(H,27,30)/t17-/m0/s1. The van der Waals surface area contributed by atoms with Gasteiger partial charge in [-0.1, -0.05) is 24.6 Å². The molecule has 2 aromatic rings. The number of carbonyl (C=O) groups is 2. The lowest BCUT2D eigenvalue weighted by atomic mass is 10.1. The Labute approximate surface area is 191 Å². The first-order valence-electron chi connectivity index (χ1n) is 10.3. The first kappa shape index (κ1) is 25.4. The fraction of sp³-hybridized carbons (Fsp3) is 0.391. The molecule has 0 aliphatic heterocycles. The third-order valence-electron chi connectivity index (χ3n) is 4.48. The Bertz CT molecular complexity index is 925. The van der Waals surface area contributed by atoms with Crippen LogP contribution in [0.3, 0.4) is 0 Å².